The van der Waals surface area contributed by atoms with Gasteiger partial charge >= 0.3 is 6.61 Å². The van der Waals surface area contributed by atoms with E-state index in [0.29, 0.717) is 11.4 Å². The van der Waals surface area contributed by atoms with Crippen molar-refractivity contribution in [3.05, 3.63) is 78.3 Å². The van der Waals surface area contributed by atoms with Crippen LogP contribution in [0.1, 0.15) is 16.1 Å². The zero-order chi connectivity index (χ0) is 19.2. The number of benzene rings is 2. The highest BCUT2D eigenvalue weighted by Crippen LogP contribution is 2.31. The molecule has 0 radical (unpaired) electrons. The second-order valence-electron chi connectivity index (χ2n) is 5.55. The van der Waals surface area contributed by atoms with Crippen LogP contribution in [0.5, 0.6) is 11.5 Å². The fourth-order valence-corrected chi connectivity index (χ4v) is 2.60. The number of furan rings is 1. The molecule has 0 unspecified atom stereocenters. The van der Waals surface area contributed by atoms with E-state index < -0.39 is 6.61 Å². The number of rotatable bonds is 7. The molecule has 2 aromatic carbocycles. The molecule has 27 heavy (non-hydrogen) atoms. The molecule has 0 aliphatic heterocycles. The van der Waals surface area contributed by atoms with Gasteiger partial charge < -0.3 is 18.8 Å². The van der Waals surface area contributed by atoms with Gasteiger partial charge in [0.2, 0.25) is 0 Å². The van der Waals surface area contributed by atoms with E-state index in [1.54, 1.807) is 24.3 Å². The highest BCUT2D eigenvalue weighted by Gasteiger charge is 2.21. The van der Waals surface area contributed by atoms with Gasteiger partial charge in [-0.15, -0.1) is 0 Å². The molecule has 140 valence electrons. The van der Waals surface area contributed by atoms with Gasteiger partial charge in [0.25, 0.3) is 5.91 Å². The Balaban J connectivity index is 1.94. The number of hydrogen-bond donors (Lipinski definition) is 0. The lowest BCUT2D eigenvalue weighted by Crippen LogP contribution is -2.30. The summed E-state index contributed by atoms with van der Waals surface area (Å²) in [5.41, 5.74) is 0.939. The Labute approximate surface area is 154 Å². The minimum atomic E-state index is -2.99. The van der Waals surface area contributed by atoms with Gasteiger partial charge in [0.1, 0.15) is 5.76 Å². The van der Waals surface area contributed by atoms with Crippen molar-refractivity contribution in [1.29, 1.82) is 0 Å². The van der Waals surface area contributed by atoms with Gasteiger partial charge in [0.05, 0.1) is 19.9 Å². The Kier molecular flexibility index (Phi) is 5.71. The number of anilines is 1. The number of amides is 1. The third kappa shape index (κ3) is 4.44. The SMILES string of the molecule is COc1cc(C(=O)N(Cc2ccco2)c2ccccc2)ccc1OC(F)F. The number of carbonyl (C=O) groups excluding carboxylic acids is 1. The van der Waals surface area contributed by atoms with Gasteiger partial charge in [-0.2, -0.15) is 8.78 Å². The summed E-state index contributed by atoms with van der Waals surface area (Å²) in [4.78, 5) is 14.6. The third-order valence-corrected chi connectivity index (χ3v) is 3.83. The molecule has 1 amide bonds. The lowest BCUT2D eigenvalue weighted by atomic mass is 10.1. The Hall–Kier alpha value is -3.35. The Bertz CT molecular complexity index is 882. The van der Waals surface area contributed by atoms with Crippen LogP contribution in [-0.2, 0) is 6.54 Å². The summed E-state index contributed by atoms with van der Waals surface area (Å²) in [6, 6.07) is 16.7. The highest BCUT2D eigenvalue weighted by molar-refractivity contribution is 6.06. The number of methoxy groups -OCH3 is 1. The van der Waals surface area contributed by atoms with Gasteiger partial charge in [-0.1, -0.05) is 18.2 Å². The van der Waals surface area contributed by atoms with E-state index in [-0.39, 0.29) is 29.5 Å². The maximum atomic E-state index is 13.1. The molecule has 3 rings (SSSR count). The Morgan fingerprint density at radius 3 is 2.48 bits per heavy atom. The molecule has 7 heteroatoms. The summed E-state index contributed by atoms with van der Waals surface area (Å²) in [7, 11) is 1.32. The van der Waals surface area contributed by atoms with Crippen molar-refractivity contribution in [2.24, 2.45) is 0 Å². The van der Waals surface area contributed by atoms with Crippen LogP contribution in [0.2, 0.25) is 0 Å². The summed E-state index contributed by atoms with van der Waals surface area (Å²) in [5.74, 6) is 0.185. The van der Waals surface area contributed by atoms with E-state index in [1.165, 1.54) is 36.5 Å². The van der Waals surface area contributed by atoms with Gasteiger partial charge in [0, 0.05) is 11.3 Å². The quantitative estimate of drug-likeness (QED) is 0.600. The van der Waals surface area contributed by atoms with Crippen molar-refractivity contribution < 1.29 is 27.5 Å². The first kappa shape index (κ1) is 18.4. The third-order valence-electron chi connectivity index (χ3n) is 3.83. The van der Waals surface area contributed by atoms with Crippen LogP contribution < -0.4 is 14.4 Å². The zero-order valence-corrected chi connectivity index (χ0v) is 14.5. The van der Waals surface area contributed by atoms with Crippen molar-refractivity contribution in [1.82, 2.24) is 0 Å². The number of alkyl halides is 2. The molecule has 1 aromatic heterocycles. The second kappa shape index (κ2) is 8.35. The molecule has 3 aromatic rings. The first-order valence-electron chi connectivity index (χ1n) is 8.10. The predicted molar refractivity (Wildman–Crippen MR) is 95.3 cm³/mol. The van der Waals surface area contributed by atoms with Gasteiger partial charge in [-0.25, -0.2) is 0 Å². The van der Waals surface area contributed by atoms with Crippen molar-refractivity contribution >= 4 is 11.6 Å². The van der Waals surface area contributed by atoms with Crippen LogP contribution >= 0.6 is 0 Å². The lowest BCUT2D eigenvalue weighted by molar-refractivity contribution is -0.0512. The number of para-hydroxylation sites is 1. The molecule has 0 saturated heterocycles. The molecular weight excluding hydrogens is 356 g/mol. The van der Waals surface area contributed by atoms with Crippen molar-refractivity contribution in [2.75, 3.05) is 12.0 Å². The lowest BCUT2D eigenvalue weighted by Gasteiger charge is -2.22. The topological polar surface area (TPSA) is 51.9 Å². The molecule has 0 saturated carbocycles. The standard InChI is InChI=1S/C20H17F2NO4/c1-25-18-12-14(9-10-17(18)27-20(21)22)19(24)23(13-16-8-5-11-26-16)15-6-3-2-4-7-15/h2-12,20H,13H2,1H3. The van der Waals surface area contributed by atoms with E-state index in [4.69, 9.17) is 9.15 Å². The second-order valence-corrected chi connectivity index (χ2v) is 5.55. The number of halogens is 2. The average Bonchev–Trinajstić information content (AvgIpc) is 3.19. The Morgan fingerprint density at radius 1 is 1.07 bits per heavy atom. The normalized spacial score (nSPS) is 10.7. The first-order chi connectivity index (χ1) is 13.1. The summed E-state index contributed by atoms with van der Waals surface area (Å²) in [6.45, 7) is -2.77. The van der Waals surface area contributed by atoms with Crippen LogP contribution in [0.3, 0.4) is 0 Å². The molecule has 0 spiro atoms. The van der Waals surface area contributed by atoms with Crippen LogP contribution in [-0.4, -0.2) is 19.6 Å². The molecule has 0 atom stereocenters. The smallest absolute Gasteiger partial charge is 0.387 e. The van der Waals surface area contributed by atoms with E-state index in [9.17, 15) is 13.6 Å². The summed E-state index contributed by atoms with van der Waals surface area (Å²) < 4.78 is 39.8. The summed E-state index contributed by atoms with van der Waals surface area (Å²) >= 11 is 0. The van der Waals surface area contributed by atoms with Crippen molar-refractivity contribution in [3.63, 3.8) is 0 Å². The van der Waals surface area contributed by atoms with Crippen molar-refractivity contribution in [3.8, 4) is 11.5 Å². The zero-order valence-electron chi connectivity index (χ0n) is 14.5. The van der Waals surface area contributed by atoms with E-state index in [2.05, 4.69) is 4.74 Å². The fourth-order valence-electron chi connectivity index (χ4n) is 2.60. The number of hydrogen-bond acceptors (Lipinski definition) is 4. The molecule has 0 bridgehead atoms. The highest BCUT2D eigenvalue weighted by atomic mass is 19.3. The van der Waals surface area contributed by atoms with Crippen LogP contribution in [0.15, 0.2) is 71.3 Å². The summed E-state index contributed by atoms with van der Waals surface area (Å²) in [6.07, 6.45) is 1.53. The number of carbonyl (C=O) groups is 1. The van der Waals surface area contributed by atoms with Gasteiger partial charge in [0.15, 0.2) is 11.5 Å². The van der Waals surface area contributed by atoms with Crippen LogP contribution in [0.4, 0.5) is 14.5 Å². The fraction of sp³-hybridized carbons (Fsp3) is 0.150. The Morgan fingerprint density at radius 2 is 1.85 bits per heavy atom. The maximum Gasteiger partial charge on any atom is 0.387 e. The van der Waals surface area contributed by atoms with Crippen LogP contribution in [0, 0.1) is 0 Å². The number of ether oxygens (including phenoxy) is 2. The van der Waals surface area contributed by atoms with E-state index >= 15 is 0 Å². The molecule has 5 nitrogen and oxygen atoms in total. The molecule has 1 heterocycles. The monoisotopic (exact) mass is 373 g/mol. The van der Waals surface area contributed by atoms with E-state index in [0.717, 1.165) is 0 Å². The summed E-state index contributed by atoms with van der Waals surface area (Å²) in [5, 5.41) is 0. The molecular formula is C20H17F2NO4. The predicted octanol–water partition coefficient (Wildman–Crippen LogP) is 4.74. The largest absolute Gasteiger partial charge is 0.493 e. The molecule has 0 fully saturated rings. The average molecular weight is 373 g/mol. The molecule has 0 N–H and O–H groups in total. The van der Waals surface area contributed by atoms with E-state index in [1.807, 2.05) is 18.2 Å². The minimum Gasteiger partial charge on any atom is -0.493 e. The van der Waals surface area contributed by atoms with Crippen molar-refractivity contribution in [2.45, 2.75) is 13.2 Å². The van der Waals surface area contributed by atoms with Gasteiger partial charge in [-0.3, -0.25) is 4.79 Å². The van der Waals surface area contributed by atoms with Gasteiger partial charge in [-0.05, 0) is 42.5 Å². The first-order valence-corrected chi connectivity index (χ1v) is 8.10. The minimum absolute atomic E-state index is 0.0483. The van der Waals surface area contributed by atoms with Crippen LogP contribution in [0.25, 0.3) is 0 Å². The molecule has 0 aliphatic rings. The maximum absolute atomic E-state index is 13.1. The molecule has 0 aliphatic carbocycles. The number of nitrogens with zero attached hydrogens (tertiary/aromatic N) is 1.